The summed E-state index contributed by atoms with van der Waals surface area (Å²) in [6.45, 7) is 0. The lowest BCUT2D eigenvalue weighted by Gasteiger charge is -2.02. The van der Waals surface area contributed by atoms with Crippen molar-refractivity contribution in [3.05, 3.63) is 75.8 Å². The molecule has 0 amide bonds. The third-order valence-corrected chi connectivity index (χ3v) is 4.12. The summed E-state index contributed by atoms with van der Waals surface area (Å²) in [5.74, 6) is 0.660. The van der Waals surface area contributed by atoms with E-state index in [0.717, 1.165) is 16.4 Å². The molecule has 0 atom stereocenters. The maximum Gasteiger partial charge on any atom is 0.271 e. The Morgan fingerprint density at radius 3 is 2.71 bits per heavy atom. The number of thioether (sulfide) groups is 1. The lowest BCUT2D eigenvalue weighted by molar-refractivity contribution is 0.833. The monoisotopic (exact) mass is 317 g/mol. The van der Waals surface area contributed by atoms with E-state index in [-0.39, 0.29) is 5.56 Å². The highest BCUT2D eigenvalue weighted by molar-refractivity contribution is 7.98. The molecule has 2 aromatic heterocycles. The second-order valence-electron chi connectivity index (χ2n) is 4.39. The molecule has 0 saturated carbocycles. The lowest BCUT2D eigenvalue weighted by atomic mass is 10.3. The fourth-order valence-corrected chi connectivity index (χ4v) is 2.77. The molecule has 0 bridgehead atoms. The number of hydrogen-bond acceptors (Lipinski definition) is 3. The van der Waals surface area contributed by atoms with Gasteiger partial charge in [0.05, 0.1) is 10.7 Å². The molecule has 4 nitrogen and oxygen atoms in total. The molecule has 0 unspecified atom stereocenters. The third kappa shape index (κ3) is 3.37. The molecule has 0 radical (unpaired) electrons. The van der Waals surface area contributed by atoms with Crippen molar-refractivity contribution in [3.8, 4) is 5.69 Å². The van der Waals surface area contributed by atoms with Crippen LogP contribution in [0.2, 0.25) is 5.02 Å². The third-order valence-electron chi connectivity index (χ3n) is 2.87. The first-order chi connectivity index (χ1) is 10.2. The van der Waals surface area contributed by atoms with E-state index in [4.69, 9.17) is 11.6 Å². The first-order valence-corrected chi connectivity index (χ1v) is 7.69. The van der Waals surface area contributed by atoms with Gasteiger partial charge in [0, 0.05) is 28.7 Å². The van der Waals surface area contributed by atoms with E-state index in [9.17, 15) is 4.79 Å². The van der Waals surface area contributed by atoms with Gasteiger partial charge in [0.25, 0.3) is 5.56 Å². The molecule has 0 aliphatic rings. The van der Waals surface area contributed by atoms with E-state index >= 15 is 0 Å². The first kappa shape index (κ1) is 14.0. The molecule has 0 saturated heterocycles. The highest BCUT2D eigenvalue weighted by atomic mass is 35.5. The van der Waals surface area contributed by atoms with Crippen LogP contribution in [0.4, 0.5) is 0 Å². The standard InChI is InChI=1S/C15H12ClN3OS/c16-11-4-6-13(7-5-11)19-15(20)9-12(18-19)10-21-14-3-1-2-8-17-14/h1-9,18H,10H2. The molecule has 0 aliphatic carbocycles. The van der Waals surface area contributed by atoms with Gasteiger partial charge in [-0.1, -0.05) is 17.7 Å². The quantitative estimate of drug-likeness (QED) is 0.749. The van der Waals surface area contributed by atoms with Gasteiger partial charge >= 0.3 is 0 Å². The number of H-pyrrole nitrogens is 1. The van der Waals surface area contributed by atoms with Crippen molar-refractivity contribution in [2.45, 2.75) is 10.8 Å². The Bertz CT molecular complexity index is 781. The Hall–Kier alpha value is -1.98. The summed E-state index contributed by atoms with van der Waals surface area (Å²) in [6, 6.07) is 14.5. The Balaban J connectivity index is 1.78. The van der Waals surface area contributed by atoms with E-state index < -0.39 is 0 Å². The number of aromatic nitrogens is 3. The van der Waals surface area contributed by atoms with Gasteiger partial charge in [-0.05, 0) is 36.4 Å². The van der Waals surface area contributed by atoms with Crippen molar-refractivity contribution in [2.75, 3.05) is 0 Å². The molecule has 0 fully saturated rings. The van der Waals surface area contributed by atoms with Crippen LogP contribution in [-0.4, -0.2) is 14.8 Å². The molecule has 106 valence electrons. The van der Waals surface area contributed by atoms with E-state index in [2.05, 4.69) is 10.1 Å². The second kappa shape index (κ2) is 6.20. The molecular formula is C15H12ClN3OS. The predicted molar refractivity (Wildman–Crippen MR) is 85.2 cm³/mol. The summed E-state index contributed by atoms with van der Waals surface area (Å²) in [4.78, 5) is 16.3. The van der Waals surface area contributed by atoms with Crippen LogP contribution in [0.1, 0.15) is 5.69 Å². The van der Waals surface area contributed by atoms with Crippen molar-refractivity contribution < 1.29 is 0 Å². The largest absolute Gasteiger partial charge is 0.294 e. The first-order valence-electron chi connectivity index (χ1n) is 6.33. The minimum atomic E-state index is -0.0889. The molecule has 1 aromatic carbocycles. The molecule has 0 spiro atoms. The lowest BCUT2D eigenvalue weighted by Crippen LogP contribution is -2.13. The molecule has 21 heavy (non-hydrogen) atoms. The molecule has 3 rings (SSSR count). The van der Waals surface area contributed by atoms with Gasteiger partial charge in [0.2, 0.25) is 0 Å². The smallest absolute Gasteiger partial charge is 0.271 e. The van der Waals surface area contributed by atoms with Gasteiger partial charge in [-0.3, -0.25) is 9.89 Å². The molecule has 0 aliphatic heterocycles. The topological polar surface area (TPSA) is 50.7 Å². The molecule has 3 aromatic rings. The van der Waals surface area contributed by atoms with Crippen LogP contribution in [0, 0.1) is 0 Å². The van der Waals surface area contributed by atoms with Crippen molar-refractivity contribution in [2.24, 2.45) is 0 Å². The number of rotatable bonds is 4. The summed E-state index contributed by atoms with van der Waals surface area (Å²) in [7, 11) is 0. The van der Waals surface area contributed by atoms with Crippen molar-refractivity contribution in [1.82, 2.24) is 14.8 Å². The number of aromatic amines is 1. The van der Waals surface area contributed by atoms with Crippen LogP contribution in [0.15, 0.2) is 64.5 Å². The summed E-state index contributed by atoms with van der Waals surface area (Å²) in [5, 5.41) is 4.67. The molecule has 1 N–H and O–H groups in total. The Morgan fingerprint density at radius 2 is 2.00 bits per heavy atom. The molecule has 2 heterocycles. The molecule has 6 heteroatoms. The van der Waals surface area contributed by atoms with E-state index in [1.54, 1.807) is 48.3 Å². The van der Waals surface area contributed by atoms with Crippen LogP contribution in [0.3, 0.4) is 0 Å². The second-order valence-corrected chi connectivity index (χ2v) is 5.82. The fourth-order valence-electron chi connectivity index (χ4n) is 1.88. The number of hydrogen-bond donors (Lipinski definition) is 1. The minimum absolute atomic E-state index is 0.0889. The minimum Gasteiger partial charge on any atom is -0.294 e. The van der Waals surface area contributed by atoms with Gasteiger partial charge in [0.15, 0.2) is 0 Å². The van der Waals surface area contributed by atoms with Gasteiger partial charge in [-0.25, -0.2) is 9.67 Å². The van der Waals surface area contributed by atoms with E-state index in [0.29, 0.717) is 10.8 Å². The van der Waals surface area contributed by atoms with Crippen LogP contribution in [0.25, 0.3) is 5.69 Å². The average Bonchev–Trinajstić information content (AvgIpc) is 2.88. The number of nitrogens with one attached hydrogen (secondary N) is 1. The fraction of sp³-hybridized carbons (Fsp3) is 0.0667. The normalized spacial score (nSPS) is 10.7. The Morgan fingerprint density at radius 1 is 1.19 bits per heavy atom. The average molecular weight is 318 g/mol. The van der Waals surface area contributed by atoms with Gasteiger partial charge in [-0.2, -0.15) is 0 Å². The van der Waals surface area contributed by atoms with Crippen molar-refractivity contribution >= 4 is 23.4 Å². The van der Waals surface area contributed by atoms with Crippen LogP contribution < -0.4 is 5.56 Å². The zero-order chi connectivity index (χ0) is 14.7. The zero-order valence-corrected chi connectivity index (χ0v) is 12.6. The highest BCUT2D eigenvalue weighted by Gasteiger charge is 2.06. The van der Waals surface area contributed by atoms with Gasteiger partial charge in [0.1, 0.15) is 0 Å². The Labute approximate surface area is 130 Å². The summed E-state index contributed by atoms with van der Waals surface area (Å²) in [6.07, 6.45) is 1.75. The van der Waals surface area contributed by atoms with Crippen LogP contribution in [-0.2, 0) is 5.75 Å². The summed E-state index contributed by atoms with van der Waals surface area (Å²) >= 11 is 7.43. The van der Waals surface area contributed by atoms with Crippen LogP contribution in [0.5, 0.6) is 0 Å². The SMILES string of the molecule is O=c1cc(CSc2ccccn2)[nH]n1-c1ccc(Cl)cc1. The summed E-state index contributed by atoms with van der Waals surface area (Å²) < 4.78 is 1.50. The van der Waals surface area contributed by atoms with Gasteiger partial charge in [-0.15, -0.1) is 11.8 Å². The molecular weight excluding hydrogens is 306 g/mol. The van der Waals surface area contributed by atoms with Gasteiger partial charge < -0.3 is 0 Å². The maximum atomic E-state index is 12.0. The number of halogens is 1. The Kier molecular flexibility index (Phi) is 4.13. The maximum absolute atomic E-state index is 12.0. The number of benzene rings is 1. The summed E-state index contributed by atoms with van der Waals surface area (Å²) in [5.41, 5.74) is 1.53. The van der Waals surface area contributed by atoms with E-state index in [1.165, 1.54) is 4.68 Å². The van der Waals surface area contributed by atoms with Crippen LogP contribution >= 0.6 is 23.4 Å². The predicted octanol–water partition coefficient (Wildman–Crippen LogP) is 3.51. The highest BCUT2D eigenvalue weighted by Crippen LogP contribution is 2.19. The number of pyridine rings is 1. The van der Waals surface area contributed by atoms with E-state index in [1.807, 2.05) is 18.2 Å². The van der Waals surface area contributed by atoms with Crippen molar-refractivity contribution in [3.63, 3.8) is 0 Å². The zero-order valence-electron chi connectivity index (χ0n) is 11.0. The number of nitrogens with zero attached hydrogens (tertiary/aromatic N) is 2. The van der Waals surface area contributed by atoms with Crippen molar-refractivity contribution in [1.29, 1.82) is 0 Å².